The second kappa shape index (κ2) is 4.77. The summed E-state index contributed by atoms with van der Waals surface area (Å²) < 4.78 is 1.38. The van der Waals surface area contributed by atoms with Crippen molar-refractivity contribution in [3.63, 3.8) is 0 Å². The first-order chi connectivity index (χ1) is 8.36. The largest absolute Gasteiger partial charge is 0.271 e. The Morgan fingerprint density at radius 1 is 1.35 bits per heavy atom. The number of thiophene rings is 1. The highest BCUT2D eigenvalue weighted by Gasteiger charge is 2.25. The molecule has 3 heteroatoms. The molecule has 1 heterocycles. The minimum Gasteiger partial charge on any atom is -0.271 e. The van der Waals surface area contributed by atoms with E-state index in [1.54, 1.807) is 0 Å². The van der Waals surface area contributed by atoms with E-state index in [9.17, 15) is 0 Å². The molecule has 2 nitrogen and oxygen atoms in total. The first kappa shape index (κ1) is 11.2. The summed E-state index contributed by atoms with van der Waals surface area (Å²) in [4.78, 5) is 0. The summed E-state index contributed by atoms with van der Waals surface area (Å²) in [5, 5.41) is 3.68. The lowest BCUT2D eigenvalue weighted by molar-refractivity contribution is 0.467. The predicted molar refractivity (Wildman–Crippen MR) is 74.0 cm³/mol. The standard InChI is InChI=1S/C14H18N2S/c15-16-12(7-10-5-6-10)8-11-9-17-14-4-2-1-3-13(11)14/h1-4,9-10,12,16H,5-8,15H2. The zero-order valence-electron chi connectivity index (χ0n) is 9.86. The molecule has 0 spiro atoms. The molecule has 1 fully saturated rings. The van der Waals surface area contributed by atoms with Crippen molar-refractivity contribution >= 4 is 21.4 Å². The zero-order chi connectivity index (χ0) is 11.7. The summed E-state index contributed by atoms with van der Waals surface area (Å²) in [7, 11) is 0. The van der Waals surface area contributed by atoms with Gasteiger partial charge in [-0.05, 0) is 41.2 Å². The van der Waals surface area contributed by atoms with E-state index in [1.807, 2.05) is 11.3 Å². The van der Waals surface area contributed by atoms with E-state index in [-0.39, 0.29) is 0 Å². The van der Waals surface area contributed by atoms with E-state index < -0.39 is 0 Å². The SMILES string of the molecule is NNC(Cc1csc2ccccc12)CC1CC1. The zero-order valence-corrected chi connectivity index (χ0v) is 10.7. The molecular formula is C14H18N2S. The quantitative estimate of drug-likeness (QED) is 0.628. The fourth-order valence-electron chi connectivity index (χ4n) is 2.42. The number of nitrogens with two attached hydrogens (primary N) is 1. The van der Waals surface area contributed by atoms with Crippen molar-refractivity contribution in [2.45, 2.75) is 31.7 Å². The number of nitrogens with one attached hydrogen (secondary N) is 1. The van der Waals surface area contributed by atoms with Crippen LogP contribution in [0.3, 0.4) is 0 Å². The van der Waals surface area contributed by atoms with Crippen LogP contribution in [0.2, 0.25) is 0 Å². The Balaban J connectivity index is 1.78. The fraction of sp³-hybridized carbons (Fsp3) is 0.429. The van der Waals surface area contributed by atoms with Crippen molar-refractivity contribution in [1.29, 1.82) is 0 Å². The molecule has 1 aliphatic carbocycles. The third-order valence-corrected chi connectivity index (χ3v) is 4.59. The Hall–Kier alpha value is -0.900. The molecule has 1 saturated carbocycles. The summed E-state index contributed by atoms with van der Waals surface area (Å²) in [5.74, 6) is 6.58. The molecule has 1 aromatic heterocycles. The first-order valence-corrected chi connectivity index (χ1v) is 7.16. The lowest BCUT2D eigenvalue weighted by atomic mass is 10.0. The Bertz CT molecular complexity index is 502. The Morgan fingerprint density at radius 3 is 2.94 bits per heavy atom. The number of hydrogen-bond acceptors (Lipinski definition) is 3. The van der Waals surface area contributed by atoms with E-state index in [4.69, 9.17) is 5.84 Å². The minimum absolute atomic E-state index is 0.431. The summed E-state index contributed by atoms with van der Waals surface area (Å²) in [6.07, 6.45) is 5.06. The average Bonchev–Trinajstić information content (AvgIpc) is 3.09. The normalized spacial score (nSPS) is 17.5. The van der Waals surface area contributed by atoms with Crippen LogP contribution in [0.25, 0.3) is 10.1 Å². The smallest absolute Gasteiger partial charge is 0.0345 e. The fourth-order valence-corrected chi connectivity index (χ4v) is 3.40. The predicted octanol–water partition coefficient (Wildman–Crippen LogP) is 3.08. The molecule has 0 amide bonds. The van der Waals surface area contributed by atoms with E-state index in [1.165, 1.54) is 34.9 Å². The first-order valence-electron chi connectivity index (χ1n) is 6.28. The number of hydrogen-bond donors (Lipinski definition) is 2. The number of fused-ring (bicyclic) bond motifs is 1. The maximum absolute atomic E-state index is 5.66. The van der Waals surface area contributed by atoms with Crippen LogP contribution in [0.5, 0.6) is 0 Å². The summed E-state index contributed by atoms with van der Waals surface area (Å²) in [5.41, 5.74) is 4.42. The molecule has 17 heavy (non-hydrogen) atoms. The van der Waals surface area contributed by atoms with Crippen molar-refractivity contribution in [2.24, 2.45) is 11.8 Å². The molecule has 1 aliphatic rings. The molecule has 1 atom stereocenters. The topological polar surface area (TPSA) is 38.0 Å². The van der Waals surface area contributed by atoms with Crippen molar-refractivity contribution in [1.82, 2.24) is 5.43 Å². The van der Waals surface area contributed by atoms with Crippen LogP contribution in [-0.4, -0.2) is 6.04 Å². The minimum atomic E-state index is 0.431. The van der Waals surface area contributed by atoms with Gasteiger partial charge in [0.1, 0.15) is 0 Å². The summed E-state index contributed by atoms with van der Waals surface area (Å²) >= 11 is 1.83. The number of rotatable bonds is 5. The van der Waals surface area contributed by atoms with Crippen molar-refractivity contribution in [3.05, 3.63) is 35.2 Å². The van der Waals surface area contributed by atoms with Crippen LogP contribution in [0.1, 0.15) is 24.8 Å². The highest BCUT2D eigenvalue weighted by atomic mass is 32.1. The van der Waals surface area contributed by atoms with Crippen LogP contribution in [0.4, 0.5) is 0 Å². The molecule has 1 unspecified atom stereocenters. The van der Waals surface area contributed by atoms with E-state index in [0.29, 0.717) is 6.04 Å². The van der Waals surface area contributed by atoms with Gasteiger partial charge in [-0.25, -0.2) is 0 Å². The van der Waals surface area contributed by atoms with Crippen LogP contribution in [-0.2, 0) is 6.42 Å². The van der Waals surface area contributed by atoms with Gasteiger partial charge in [-0.15, -0.1) is 11.3 Å². The molecule has 3 N–H and O–H groups in total. The second-order valence-electron chi connectivity index (χ2n) is 5.00. The van der Waals surface area contributed by atoms with Gasteiger partial charge in [0.2, 0.25) is 0 Å². The van der Waals surface area contributed by atoms with Gasteiger partial charge in [0.05, 0.1) is 0 Å². The van der Waals surface area contributed by atoms with Crippen LogP contribution in [0.15, 0.2) is 29.6 Å². The Kier molecular flexibility index (Phi) is 3.14. The highest BCUT2D eigenvalue weighted by Crippen LogP contribution is 2.35. The van der Waals surface area contributed by atoms with Gasteiger partial charge in [0.25, 0.3) is 0 Å². The average molecular weight is 246 g/mol. The van der Waals surface area contributed by atoms with Crippen LogP contribution < -0.4 is 11.3 Å². The molecular weight excluding hydrogens is 228 g/mol. The monoisotopic (exact) mass is 246 g/mol. The molecule has 90 valence electrons. The van der Waals surface area contributed by atoms with Gasteiger partial charge in [-0.1, -0.05) is 31.0 Å². The van der Waals surface area contributed by atoms with Gasteiger partial charge in [0.15, 0.2) is 0 Å². The second-order valence-corrected chi connectivity index (χ2v) is 5.92. The van der Waals surface area contributed by atoms with Crippen molar-refractivity contribution in [2.75, 3.05) is 0 Å². The molecule has 0 saturated heterocycles. The Labute approximate surface area is 106 Å². The third-order valence-electron chi connectivity index (χ3n) is 3.58. The van der Waals surface area contributed by atoms with Crippen LogP contribution >= 0.6 is 11.3 Å². The lowest BCUT2D eigenvalue weighted by Gasteiger charge is -2.14. The highest BCUT2D eigenvalue weighted by molar-refractivity contribution is 7.17. The molecule has 1 aromatic carbocycles. The van der Waals surface area contributed by atoms with Gasteiger partial charge in [-0.2, -0.15) is 0 Å². The molecule has 0 bridgehead atoms. The molecule has 0 radical (unpaired) electrons. The van der Waals surface area contributed by atoms with E-state index in [2.05, 4.69) is 35.1 Å². The van der Waals surface area contributed by atoms with Gasteiger partial charge >= 0.3 is 0 Å². The van der Waals surface area contributed by atoms with Crippen molar-refractivity contribution < 1.29 is 0 Å². The molecule has 3 rings (SSSR count). The Morgan fingerprint density at radius 2 is 2.18 bits per heavy atom. The number of hydrazine groups is 1. The maximum Gasteiger partial charge on any atom is 0.0345 e. The van der Waals surface area contributed by atoms with Gasteiger partial charge in [-0.3, -0.25) is 11.3 Å². The van der Waals surface area contributed by atoms with Crippen LogP contribution in [0, 0.1) is 5.92 Å². The molecule has 0 aliphatic heterocycles. The third kappa shape index (κ3) is 2.51. The van der Waals surface area contributed by atoms with Gasteiger partial charge < -0.3 is 0 Å². The maximum atomic E-state index is 5.66. The van der Waals surface area contributed by atoms with Crippen molar-refractivity contribution in [3.8, 4) is 0 Å². The lowest BCUT2D eigenvalue weighted by Crippen LogP contribution is -2.37. The number of benzene rings is 1. The van der Waals surface area contributed by atoms with E-state index >= 15 is 0 Å². The summed E-state index contributed by atoms with van der Waals surface area (Å²) in [6, 6.07) is 9.05. The van der Waals surface area contributed by atoms with E-state index in [0.717, 1.165) is 12.3 Å². The van der Waals surface area contributed by atoms with Gasteiger partial charge in [0, 0.05) is 10.7 Å². The summed E-state index contributed by atoms with van der Waals surface area (Å²) in [6.45, 7) is 0. The molecule has 2 aromatic rings.